The minimum atomic E-state index is -0.746. The summed E-state index contributed by atoms with van der Waals surface area (Å²) in [5.74, 6) is -1.34. The number of nitrogens with one attached hydrogen (secondary N) is 2. The van der Waals surface area contributed by atoms with E-state index in [-0.39, 0.29) is 17.6 Å². The topological polar surface area (TPSA) is 41.1 Å². The largest absolute Gasteiger partial charge is 0.320 e. The highest BCUT2D eigenvalue weighted by molar-refractivity contribution is 5.95. The Morgan fingerprint density at radius 1 is 1.45 bits per heavy atom. The second kappa shape index (κ2) is 6.31. The molecule has 1 amide bonds. The molecule has 2 N–H and O–H groups in total. The molecule has 5 heteroatoms. The molecule has 1 aromatic rings. The van der Waals surface area contributed by atoms with Crippen molar-refractivity contribution < 1.29 is 13.6 Å². The van der Waals surface area contributed by atoms with Crippen LogP contribution in [-0.2, 0) is 4.79 Å². The summed E-state index contributed by atoms with van der Waals surface area (Å²) in [7, 11) is 0. The Kier molecular flexibility index (Phi) is 4.70. The predicted octanol–water partition coefficient (Wildman–Crippen LogP) is 2.99. The van der Waals surface area contributed by atoms with Crippen LogP contribution >= 0.6 is 0 Å². The van der Waals surface area contributed by atoms with E-state index in [9.17, 15) is 13.6 Å². The number of benzene rings is 1. The molecule has 20 heavy (non-hydrogen) atoms. The molecule has 0 saturated carbocycles. The van der Waals surface area contributed by atoms with Crippen LogP contribution in [0.3, 0.4) is 0 Å². The second-order valence-electron chi connectivity index (χ2n) is 5.35. The van der Waals surface area contributed by atoms with Crippen LogP contribution in [0.25, 0.3) is 0 Å². The van der Waals surface area contributed by atoms with E-state index in [0.29, 0.717) is 17.9 Å². The number of hydrogen-bond donors (Lipinski definition) is 2. The maximum Gasteiger partial charge on any atom is 0.241 e. The van der Waals surface area contributed by atoms with Gasteiger partial charge in [-0.05, 0) is 43.9 Å². The monoisotopic (exact) mass is 282 g/mol. The quantitative estimate of drug-likeness (QED) is 0.895. The molecule has 1 fully saturated rings. The lowest BCUT2D eigenvalue weighted by molar-refractivity contribution is -0.119. The van der Waals surface area contributed by atoms with Crippen molar-refractivity contribution >= 4 is 11.6 Å². The standard InChI is InChI=1S/C15H20F2N2O/c1-3-10-6-7-18-12(8-10)15(20)19-14-11(16)5-4-9(2)13(14)17/h4-5,10,12,18H,3,6-8H2,1-2H3,(H,19,20). The Morgan fingerprint density at radius 2 is 2.20 bits per heavy atom. The van der Waals surface area contributed by atoms with Gasteiger partial charge in [-0.3, -0.25) is 4.79 Å². The van der Waals surface area contributed by atoms with E-state index in [1.807, 2.05) is 0 Å². The first-order chi connectivity index (χ1) is 9.52. The van der Waals surface area contributed by atoms with E-state index in [1.54, 1.807) is 0 Å². The molecule has 0 spiro atoms. The second-order valence-corrected chi connectivity index (χ2v) is 5.35. The smallest absolute Gasteiger partial charge is 0.241 e. The summed E-state index contributed by atoms with van der Waals surface area (Å²) >= 11 is 0. The van der Waals surface area contributed by atoms with Crippen molar-refractivity contribution in [2.24, 2.45) is 5.92 Å². The van der Waals surface area contributed by atoms with Gasteiger partial charge in [-0.15, -0.1) is 0 Å². The van der Waals surface area contributed by atoms with Gasteiger partial charge in [0.05, 0.1) is 6.04 Å². The summed E-state index contributed by atoms with van der Waals surface area (Å²) in [6.07, 6.45) is 2.75. The Hall–Kier alpha value is -1.49. The maximum atomic E-state index is 13.9. The minimum absolute atomic E-state index is 0.310. The van der Waals surface area contributed by atoms with Crippen LogP contribution in [0.5, 0.6) is 0 Å². The van der Waals surface area contributed by atoms with Gasteiger partial charge in [0, 0.05) is 0 Å². The summed E-state index contributed by atoms with van der Waals surface area (Å²) in [6, 6.07) is 2.14. The van der Waals surface area contributed by atoms with Gasteiger partial charge in [0.1, 0.15) is 11.5 Å². The molecule has 0 aliphatic carbocycles. The number of aryl methyl sites for hydroxylation is 1. The summed E-state index contributed by atoms with van der Waals surface area (Å²) in [6.45, 7) is 4.39. The molecule has 2 rings (SSSR count). The van der Waals surface area contributed by atoms with Crippen LogP contribution in [0.4, 0.5) is 14.5 Å². The summed E-state index contributed by atoms with van der Waals surface area (Å²) in [4.78, 5) is 12.1. The van der Waals surface area contributed by atoms with Crippen molar-refractivity contribution in [3.63, 3.8) is 0 Å². The number of amides is 1. The van der Waals surface area contributed by atoms with Gasteiger partial charge in [-0.1, -0.05) is 19.4 Å². The molecule has 2 unspecified atom stereocenters. The van der Waals surface area contributed by atoms with Crippen LogP contribution in [-0.4, -0.2) is 18.5 Å². The molecule has 1 heterocycles. The predicted molar refractivity (Wildman–Crippen MR) is 74.5 cm³/mol. The molecule has 0 aromatic heterocycles. The number of anilines is 1. The van der Waals surface area contributed by atoms with Crippen LogP contribution in [0.2, 0.25) is 0 Å². The molecule has 110 valence electrons. The van der Waals surface area contributed by atoms with Crippen molar-refractivity contribution in [1.82, 2.24) is 5.32 Å². The van der Waals surface area contributed by atoms with Gasteiger partial charge in [-0.25, -0.2) is 8.78 Å². The highest BCUT2D eigenvalue weighted by atomic mass is 19.1. The van der Waals surface area contributed by atoms with Crippen LogP contribution in [0, 0.1) is 24.5 Å². The molecule has 1 aliphatic heterocycles. The number of rotatable bonds is 3. The summed E-state index contributed by atoms with van der Waals surface area (Å²) < 4.78 is 27.5. The summed E-state index contributed by atoms with van der Waals surface area (Å²) in [5.41, 5.74) is -0.0415. The van der Waals surface area contributed by atoms with E-state index >= 15 is 0 Å². The number of carbonyl (C=O) groups is 1. The Labute approximate surface area is 117 Å². The molecule has 1 aromatic carbocycles. The molecule has 0 radical (unpaired) electrons. The molecule has 1 aliphatic rings. The van der Waals surface area contributed by atoms with Gasteiger partial charge >= 0.3 is 0 Å². The molecular formula is C15H20F2N2O. The SMILES string of the molecule is CCC1CCNC(C(=O)Nc2c(F)ccc(C)c2F)C1. The van der Waals surface area contributed by atoms with Crippen LogP contribution in [0.15, 0.2) is 12.1 Å². The number of halogens is 2. The van der Waals surface area contributed by atoms with E-state index in [2.05, 4.69) is 17.6 Å². The molecular weight excluding hydrogens is 262 g/mol. The molecule has 0 bridgehead atoms. The van der Waals surface area contributed by atoms with E-state index in [1.165, 1.54) is 13.0 Å². The van der Waals surface area contributed by atoms with Gasteiger partial charge in [-0.2, -0.15) is 0 Å². The fourth-order valence-electron chi connectivity index (χ4n) is 2.55. The lowest BCUT2D eigenvalue weighted by atomic mass is 9.90. The minimum Gasteiger partial charge on any atom is -0.320 e. The molecule has 1 saturated heterocycles. The lowest BCUT2D eigenvalue weighted by Crippen LogP contribution is -2.46. The van der Waals surface area contributed by atoms with E-state index < -0.39 is 11.6 Å². The highest BCUT2D eigenvalue weighted by Crippen LogP contribution is 2.24. The van der Waals surface area contributed by atoms with Gasteiger partial charge < -0.3 is 10.6 Å². The van der Waals surface area contributed by atoms with Gasteiger partial charge in [0.25, 0.3) is 0 Å². The third-order valence-corrected chi connectivity index (χ3v) is 3.94. The first-order valence-electron chi connectivity index (χ1n) is 7.01. The average molecular weight is 282 g/mol. The van der Waals surface area contributed by atoms with E-state index in [4.69, 9.17) is 0 Å². The first kappa shape index (κ1) is 14.9. The Balaban J connectivity index is 2.10. The third-order valence-electron chi connectivity index (χ3n) is 3.94. The van der Waals surface area contributed by atoms with Crippen LogP contribution < -0.4 is 10.6 Å². The maximum absolute atomic E-state index is 13.9. The lowest BCUT2D eigenvalue weighted by Gasteiger charge is -2.28. The normalized spacial score (nSPS) is 22.6. The molecule has 3 nitrogen and oxygen atoms in total. The van der Waals surface area contributed by atoms with E-state index in [0.717, 1.165) is 25.5 Å². The van der Waals surface area contributed by atoms with Crippen molar-refractivity contribution in [2.45, 2.75) is 39.2 Å². The van der Waals surface area contributed by atoms with Crippen molar-refractivity contribution in [1.29, 1.82) is 0 Å². The Bertz CT molecular complexity index is 505. The zero-order valence-electron chi connectivity index (χ0n) is 11.8. The van der Waals surface area contributed by atoms with Crippen molar-refractivity contribution in [3.8, 4) is 0 Å². The van der Waals surface area contributed by atoms with Crippen molar-refractivity contribution in [3.05, 3.63) is 29.3 Å². The fourth-order valence-corrected chi connectivity index (χ4v) is 2.55. The van der Waals surface area contributed by atoms with Gasteiger partial charge in [0.2, 0.25) is 5.91 Å². The Morgan fingerprint density at radius 3 is 2.90 bits per heavy atom. The number of hydrogen-bond acceptors (Lipinski definition) is 2. The number of carbonyl (C=O) groups excluding carboxylic acids is 1. The van der Waals surface area contributed by atoms with Gasteiger partial charge in [0.15, 0.2) is 5.82 Å². The zero-order chi connectivity index (χ0) is 14.7. The average Bonchev–Trinajstić information content (AvgIpc) is 2.47. The first-order valence-corrected chi connectivity index (χ1v) is 7.01. The van der Waals surface area contributed by atoms with Crippen molar-refractivity contribution in [2.75, 3.05) is 11.9 Å². The van der Waals surface area contributed by atoms with Crippen LogP contribution in [0.1, 0.15) is 31.7 Å². The summed E-state index contributed by atoms with van der Waals surface area (Å²) in [5, 5.41) is 5.48. The highest BCUT2D eigenvalue weighted by Gasteiger charge is 2.27. The number of piperidine rings is 1. The fraction of sp³-hybridized carbons (Fsp3) is 0.533. The zero-order valence-corrected chi connectivity index (χ0v) is 11.8. The molecule has 2 atom stereocenters. The third kappa shape index (κ3) is 3.15.